The highest BCUT2D eigenvalue weighted by Crippen LogP contribution is 2.26. The van der Waals surface area contributed by atoms with E-state index in [1.807, 2.05) is 6.20 Å². The standard InChI is InChI=1S/C16H14Cl2N8/c17-13-11(14(18)25-16(19)24-13)7-26-2-1-12-10(6-26)5-22-15(23-12)9-3-20-8-21-4-9/h3-5,8H,1-2,6-7H2,(H2,19,24,25). The van der Waals surface area contributed by atoms with E-state index in [9.17, 15) is 0 Å². The number of nitrogens with two attached hydrogens (primary N) is 1. The first kappa shape index (κ1) is 17.0. The fourth-order valence-corrected chi connectivity index (χ4v) is 3.38. The Morgan fingerprint density at radius 2 is 1.77 bits per heavy atom. The summed E-state index contributed by atoms with van der Waals surface area (Å²) in [7, 11) is 0. The highest BCUT2D eigenvalue weighted by atomic mass is 35.5. The third kappa shape index (κ3) is 3.44. The minimum absolute atomic E-state index is 0.0681. The summed E-state index contributed by atoms with van der Waals surface area (Å²) in [6, 6.07) is 0. The highest BCUT2D eigenvalue weighted by molar-refractivity contribution is 6.34. The lowest BCUT2D eigenvalue weighted by Gasteiger charge is -2.28. The number of anilines is 1. The summed E-state index contributed by atoms with van der Waals surface area (Å²) in [6.07, 6.45) is 7.53. The van der Waals surface area contributed by atoms with Crippen LogP contribution < -0.4 is 5.73 Å². The van der Waals surface area contributed by atoms with Crippen LogP contribution in [0.1, 0.15) is 16.8 Å². The van der Waals surface area contributed by atoms with Gasteiger partial charge in [0.25, 0.3) is 0 Å². The number of nitrogens with zero attached hydrogens (tertiary/aromatic N) is 7. The van der Waals surface area contributed by atoms with Crippen LogP contribution >= 0.6 is 23.2 Å². The molecule has 0 spiro atoms. The monoisotopic (exact) mass is 388 g/mol. The van der Waals surface area contributed by atoms with Crippen LogP contribution in [0.25, 0.3) is 11.4 Å². The maximum Gasteiger partial charge on any atom is 0.222 e. The third-order valence-electron chi connectivity index (χ3n) is 4.14. The lowest BCUT2D eigenvalue weighted by atomic mass is 10.1. The summed E-state index contributed by atoms with van der Waals surface area (Å²) in [5.74, 6) is 0.703. The van der Waals surface area contributed by atoms with Crippen molar-refractivity contribution in [2.24, 2.45) is 0 Å². The molecule has 132 valence electrons. The third-order valence-corrected chi connectivity index (χ3v) is 4.76. The molecule has 0 saturated carbocycles. The zero-order chi connectivity index (χ0) is 18.1. The molecule has 0 radical (unpaired) electrons. The van der Waals surface area contributed by atoms with Crippen LogP contribution in [-0.4, -0.2) is 41.3 Å². The number of hydrogen-bond donors (Lipinski definition) is 1. The summed E-state index contributed by atoms with van der Waals surface area (Å²) < 4.78 is 0. The van der Waals surface area contributed by atoms with Gasteiger partial charge in [-0.2, -0.15) is 0 Å². The Labute approximate surface area is 159 Å². The Morgan fingerprint density at radius 1 is 1.04 bits per heavy atom. The summed E-state index contributed by atoms with van der Waals surface area (Å²) in [4.78, 5) is 27.3. The van der Waals surface area contributed by atoms with Gasteiger partial charge in [0.2, 0.25) is 5.95 Å². The number of nitrogen functional groups attached to an aromatic ring is 1. The average molecular weight is 389 g/mol. The summed E-state index contributed by atoms with van der Waals surface area (Å²) in [6.45, 7) is 2.04. The Morgan fingerprint density at radius 3 is 2.50 bits per heavy atom. The first-order valence-corrected chi connectivity index (χ1v) is 8.65. The van der Waals surface area contributed by atoms with Crippen LogP contribution in [0.3, 0.4) is 0 Å². The molecule has 10 heteroatoms. The van der Waals surface area contributed by atoms with Crippen LogP contribution in [0.2, 0.25) is 10.3 Å². The van der Waals surface area contributed by atoms with Gasteiger partial charge in [-0.1, -0.05) is 23.2 Å². The molecule has 4 rings (SSSR count). The SMILES string of the molecule is Nc1nc(Cl)c(CN2CCc3nc(-c4cncnc4)ncc3C2)c(Cl)n1. The van der Waals surface area contributed by atoms with E-state index in [-0.39, 0.29) is 16.3 Å². The molecule has 0 amide bonds. The highest BCUT2D eigenvalue weighted by Gasteiger charge is 2.21. The van der Waals surface area contributed by atoms with E-state index >= 15 is 0 Å². The van der Waals surface area contributed by atoms with Crippen LogP contribution in [-0.2, 0) is 19.5 Å². The maximum absolute atomic E-state index is 6.16. The Hall–Kier alpha value is -2.42. The summed E-state index contributed by atoms with van der Waals surface area (Å²) in [5, 5.41) is 0.563. The molecule has 8 nitrogen and oxygen atoms in total. The van der Waals surface area contributed by atoms with Gasteiger partial charge in [0.1, 0.15) is 16.6 Å². The second-order valence-electron chi connectivity index (χ2n) is 5.90. The van der Waals surface area contributed by atoms with Crippen LogP contribution in [0, 0.1) is 0 Å². The maximum atomic E-state index is 6.16. The van der Waals surface area contributed by atoms with Crippen molar-refractivity contribution in [2.45, 2.75) is 19.5 Å². The van der Waals surface area contributed by atoms with Gasteiger partial charge < -0.3 is 5.73 Å². The van der Waals surface area contributed by atoms with E-state index in [0.29, 0.717) is 24.5 Å². The predicted octanol–water partition coefficient (Wildman–Crippen LogP) is 2.17. The van der Waals surface area contributed by atoms with E-state index < -0.39 is 0 Å². The molecule has 4 heterocycles. The van der Waals surface area contributed by atoms with Gasteiger partial charge in [-0.05, 0) is 0 Å². The molecule has 0 bridgehead atoms. The molecule has 0 fully saturated rings. The molecule has 0 atom stereocenters. The van der Waals surface area contributed by atoms with E-state index in [4.69, 9.17) is 28.9 Å². The fraction of sp³-hybridized carbons (Fsp3) is 0.250. The van der Waals surface area contributed by atoms with Crippen molar-refractivity contribution < 1.29 is 0 Å². The molecular formula is C16H14Cl2N8. The van der Waals surface area contributed by atoms with Gasteiger partial charge in [-0.25, -0.2) is 29.9 Å². The Bertz CT molecular complexity index is 927. The van der Waals surface area contributed by atoms with Gasteiger partial charge in [0.05, 0.1) is 11.3 Å². The lowest BCUT2D eigenvalue weighted by Crippen LogP contribution is -2.31. The Kier molecular flexibility index (Phi) is 4.62. The summed E-state index contributed by atoms with van der Waals surface area (Å²) >= 11 is 12.3. The topological polar surface area (TPSA) is 107 Å². The zero-order valence-corrected chi connectivity index (χ0v) is 15.1. The number of rotatable bonds is 3. The zero-order valence-electron chi connectivity index (χ0n) is 13.6. The molecule has 3 aromatic heterocycles. The van der Waals surface area contributed by atoms with Crippen LogP contribution in [0.4, 0.5) is 5.95 Å². The Balaban J connectivity index is 1.54. The van der Waals surface area contributed by atoms with Gasteiger partial charge in [-0.3, -0.25) is 4.90 Å². The molecule has 0 aromatic carbocycles. The van der Waals surface area contributed by atoms with Crippen molar-refractivity contribution in [1.29, 1.82) is 0 Å². The molecular weight excluding hydrogens is 375 g/mol. The number of hydrogen-bond acceptors (Lipinski definition) is 8. The number of aromatic nitrogens is 6. The van der Waals surface area contributed by atoms with Crippen molar-refractivity contribution in [3.63, 3.8) is 0 Å². The molecule has 0 unspecified atom stereocenters. The molecule has 1 aliphatic rings. The summed E-state index contributed by atoms with van der Waals surface area (Å²) in [5.41, 5.74) is 9.13. The van der Waals surface area contributed by atoms with Gasteiger partial charge in [0, 0.05) is 55.8 Å². The van der Waals surface area contributed by atoms with Crippen molar-refractivity contribution in [3.8, 4) is 11.4 Å². The largest absolute Gasteiger partial charge is 0.368 e. The second kappa shape index (κ2) is 7.06. The fourth-order valence-electron chi connectivity index (χ4n) is 2.86. The first-order valence-electron chi connectivity index (χ1n) is 7.90. The minimum Gasteiger partial charge on any atom is -0.368 e. The molecule has 1 aliphatic heterocycles. The first-order chi connectivity index (χ1) is 12.6. The predicted molar refractivity (Wildman–Crippen MR) is 97.3 cm³/mol. The molecule has 2 N–H and O–H groups in total. The van der Waals surface area contributed by atoms with Crippen LogP contribution in [0.5, 0.6) is 0 Å². The number of fused-ring (bicyclic) bond motifs is 1. The molecule has 0 saturated heterocycles. The molecule has 26 heavy (non-hydrogen) atoms. The van der Waals surface area contributed by atoms with Crippen molar-refractivity contribution >= 4 is 29.2 Å². The van der Waals surface area contributed by atoms with E-state index in [1.165, 1.54) is 6.33 Å². The normalized spacial score (nSPS) is 14.2. The molecule has 0 aliphatic carbocycles. The van der Waals surface area contributed by atoms with E-state index in [2.05, 4.69) is 34.8 Å². The average Bonchev–Trinajstić information content (AvgIpc) is 2.65. The number of halogens is 2. The van der Waals surface area contributed by atoms with E-state index in [1.54, 1.807) is 12.4 Å². The van der Waals surface area contributed by atoms with Crippen molar-refractivity contribution in [2.75, 3.05) is 12.3 Å². The van der Waals surface area contributed by atoms with Gasteiger partial charge >= 0.3 is 0 Å². The lowest BCUT2D eigenvalue weighted by molar-refractivity contribution is 0.242. The van der Waals surface area contributed by atoms with Gasteiger partial charge in [-0.15, -0.1) is 0 Å². The van der Waals surface area contributed by atoms with Crippen molar-refractivity contribution in [3.05, 3.63) is 52.0 Å². The second-order valence-corrected chi connectivity index (χ2v) is 6.61. The smallest absolute Gasteiger partial charge is 0.222 e. The van der Waals surface area contributed by atoms with Crippen LogP contribution in [0.15, 0.2) is 24.9 Å². The van der Waals surface area contributed by atoms with Gasteiger partial charge in [0.15, 0.2) is 5.82 Å². The molecule has 3 aromatic rings. The van der Waals surface area contributed by atoms with E-state index in [0.717, 1.165) is 29.8 Å². The minimum atomic E-state index is 0.0681. The van der Waals surface area contributed by atoms with Crippen molar-refractivity contribution in [1.82, 2.24) is 34.8 Å². The quantitative estimate of drug-likeness (QED) is 0.680.